The maximum absolute atomic E-state index is 13.2. The number of nitrogens with zero attached hydrogens (tertiary/aromatic N) is 9. The third-order valence-electron chi connectivity index (χ3n) is 19.4. The van der Waals surface area contributed by atoms with Crippen molar-refractivity contribution in [1.82, 2.24) is 0 Å². The van der Waals surface area contributed by atoms with Gasteiger partial charge in [0.05, 0.1) is 63.5 Å². The molecule has 0 N–H and O–H groups in total. The van der Waals surface area contributed by atoms with Crippen molar-refractivity contribution in [2.75, 3.05) is 101 Å². The van der Waals surface area contributed by atoms with E-state index in [4.69, 9.17) is 40.0 Å². The van der Waals surface area contributed by atoms with Crippen molar-refractivity contribution in [3.8, 4) is 11.5 Å². The third kappa shape index (κ3) is 32.0. The number of ether oxygens (including phenoxy) is 5. The van der Waals surface area contributed by atoms with Crippen LogP contribution in [0.4, 0.5) is 30.2 Å². The first-order chi connectivity index (χ1) is 63.7. The van der Waals surface area contributed by atoms with Gasteiger partial charge in [-0.05, 0) is 161 Å². The Morgan fingerprint density at radius 3 is 1.21 bits per heavy atom. The van der Waals surface area contributed by atoms with Crippen LogP contribution in [0.3, 0.4) is 0 Å². The second-order valence-electron chi connectivity index (χ2n) is 28.5. The molecule has 0 radical (unpaired) electrons. The molecule has 0 bridgehead atoms. The van der Waals surface area contributed by atoms with Gasteiger partial charge in [0.1, 0.15) is 11.4 Å². The minimum Gasteiger partial charge on any atom is -0.493 e. The number of oxime groups is 5. The number of anilines is 3. The van der Waals surface area contributed by atoms with Gasteiger partial charge in [-0.25, -0.2) is 19.2 Å². The van der Waals surface area contributed by atoms with Gasteiger partial charge in [0, 0.05) is 102 Å². The van der Waals surface area contributed by atoms with E-state index in [1.807, 2.05) is 79.7 Å². The summed E-state index contributed by atoms with van der Waals surface area (Å²) in [5, 5.41) is 17.6. The number of hydrogen-bond donors (Lipinski definition) is 0. The van der Waals surface area contributed by atoms with Crippen LogP contribution in [-0.4, -0.2) is 188 Å². The number of morpholine rings is 2. The lowest BCUT2D eigenvalue weighted by atomic mass is 10.0. The molecule has 35 heteroatoms. The Morgan fingerprint density at radius 2 is 0.795 bits per heavy atom. The minimum atomic E-state index is -5.99. The van der Waals surface area contributed by atoms with Crippen LogP contribution in [0, 0.1) is 6.57 Å². The molecule has 0 aromatic heterocycles. The third-order valence-corrected chi connectivity index (χ3v) is 20.3. The van der Waals surface area contributed by atoms with Crippen molar-refractivity contribution >= 4 is 115 Å². The van der Waals surface area contributed by atoms with Gasteiger partial charge in [0.15, 0.2) is 22.9 Å². The Kier molecular flexibility index (Phi) is 41.6. The molecule has 9 aromatic rings. The van der Waals surface area contributed by atoms with Crippen molar-refractivity contribution in [2.45, 2.75) is 91.0 Å². The highest BCUT2D eigenvalue weighted by Crippen LogP contribution is 2.30. The van der Waals surface area contributed by atoms with E-state index in [0.717, 1.165) is 82.0 Å². The molecule has 0 atom stereocenters. The van der Waals surface area contributed by atoms with Gasteiger partial charge in [0.2, 0.25) is 23.1 Å². The van der Waals surface area contributed by atoms with Crippen LogP contribution in [0.1, 0.15) is 169 Å². The van der Waals surface area contributed by atoms with E-state index in [1.165, 1.54) is 65.5 Å². The molecule has 0 spiro atoms. The largest absolute Gasteiger partial charge is 0.538 e. The highest BCUT2D eigenvalue weighted by atomic mass is 32.2. The molecule has 3 aliphatic rings. The fraction of sp³-hybridized carbons (Fsp3) is 0.278. The molecule has 3 saturated heterocycles. The van der Waals surface area contributed by atoms with Crippen molar-refractivity contribution in [3.05, 3.63) is 304 Å². The van der Waals surface area contributed by atoms with Gasteiger partial charge in [0.25, 0.3) is 5.78 Å². The standard InChI is InChI=1S/C25H22N2O4.C25H30N2O4.C24H19NO6.C17H22N2O3.C6H5F3N2O5S/c28-24(20-11-13-22(14-12-20)27-15-17-30-18-16-27)23(19-7-3-1-4-8-19)26-31-25(29)21-9-5-2-6-10-21;1-2-3-4-8-11-23(26-31-25(29)21-9-6-5-7-10-21)24(28)20-12-14-22(15-13-20)27-16-18-30-19-17-27;1-29-19-14-13-18(15-20(19)30-2)22(26)21(16-9-5-3-6-10-16)25-31-24(28)23(27)17-11-7-4-8-12-17;1-3-16(18-22-13(2)20)17(21)14-7-9-15(10-8-14)19-11-5-4-6-12-19;1-3-15-5(12)4(10-2)11-16-17(13,14)6(7,8)9/h1-14H,15-18H2;5-7,9-10,12-15H,2-4,8,11,16-19H2,1H3;3-15H,1-2H3;7-10H,3-6,11-12H2,1-2H3;3H2,1H3/b2*26-23+;25-21+;18-16+;11-4+. The number of esters is 1. The fourth-order valence-corrected chi connectivity index (χ4v) is 12.8. The lowest BCUT2D eigenvalue weighted by Crippen LogP contribution is -2.36. The molecule has 3 fully saturated rings. The SMILES string of the molecule is CC/C(=N\OC(C)=O)C(=O)c1ccc(N2CCCCC2)cc1.CCCCCC/C(=N\OC(=O)c1ccccc1)C(=O)c1ccc(N2CCOCC2)cc1.COc1ccc(C(=O)/C(=N/OC(=O)C(=O)c2ccccc2)c2ccccc2)cc1OC.O=C(O/N=C(/C(=O)c1ccc(N2CCOCC2)cc1)c1ccccc1)c1ccccc1.[C-]#[N+]/C(=N/OS(=O)(=O)C(F)(F)F)C(=O)OCC. The molecule has 3 heterocycles. The highest BCUT2D eigenvalue weighted by molar-refractivity contribution is 7.87. The topological polar surface area (TPSA) is 373 Å². The molecule has 0 aliphatic carbocycles. The van der Waals surface area contributed by atoms with Crippen molar-refractivity contribution in [1.29, 1.82) is 0 Å². The fourth-order valence-electron chi connectivity index (χ4n) is 12.5. The number of ketones is 5. The van der Waals surface area contributed by atoms with E-state index in [2.05, 4.69) is 66.1 Å². The van der Waals surface area contributed by atoms with Crippen LogP contribution in [-0.2, 0) is 62.3 Å². The Bertz CT molecular complexity index is 5680. The Labute approximate surface area is 761 Å². The number of unbranched alkanes of at least 4 members (excludes halogenated alkanes) is 3. The molecule has 31 nitrogen and oxygen atoms in total. The minimum absolute atomic E-state index is 0.0732. The van der Waals surface area contributed by atoms with Gasteiger partial charge < -0.3 is 62.6 Å². The molecule has 0 saturated carbocycles. The summed E-state index contributed by atoms with van der Waals surface area (Å²) in [5.74, 6) is -6.86. The first-order valence-electron chi connectivity index (χ1n) is 41.9. The van der Waals surface area contributed by atoms with Crippen LogP contribution < -0.4 is 24.2 Å². The average molecular weight is 1830 g/mol. The number of amidine groups is 1. The summed E-state index contributed by atoms with van der Waals surface area (Å²) in [6.45, 7) is 21.0. The number of methoxy groups -OCH3 is 2. The molecule has 690 valence electrons. The van der Waals surface area contributed by atoms with Gasteiger partial charge in [-0.15, -0.1) is 0 Å². The molecular formula is C97H98F3N9O22S. The number of alkyl halides is 3. The maximum Gasteiger partial charge on any atom is 0.538 e. The number of Topliss-reactive ketones (excluding diaryl/α,β-unsaturated/α-hetero) is 5. The molecule has 0 amide bonds. The number of halogens is 3. The molecule has 3 aliphatic heterocycles. The summed E-state index contributed by atoms with van der Waals surface area (Å²) < 4.78 is 84.5. The van der Waals surface area contributed by atoms with E-state index in [0.29, 0.717) is 89.7 Å². The molecule has 12 rings (SSSR count). The predicted molar refractivity (Wildman–Crippen MR) is 487 cm³/mol. The van der Waals surface area contributed by atoms with Crippen LogP contribution in [0.2, 0.25) is 0 Å². The van der Waals surface area contributed by atoms with E-state index in [-0.39, 0.29) is 57.9 Å². The summed E-state index contributed by atoms with van der Waals surface area (Å²) in [4.78, 5) is 151. The van der Waals surface area contributed by atoms with E-state index >= 15 is 0 Å². The maximum atomic E-state index is 13.2. The van der Waals surface area contributed by atoms with Gasteiger partial charge in [-0.3, -0.25) is 28.8 Å². The van der Waals surface area contributed by atoms with Crippen LogP contribution in [0.15, 0.2) is 268 Å². The molecule has 0 unspecified atom stereocenters. The molecule has 9 aromatic carbocycles. The highest BCUT2D eigenvalue weighted by Gasteiger charge is 2.50. The predicted octanol–water partition coefficient (Wildman–Crippen LogP) is 16.4. The van der Waals surface area contributed by atoms with Gasteiger partial charge >= 0.3 is 51.3 Å². The van der Waals surface area contributed by atoms with Crippen LogP contribution >= 0.6 is 0 Å². The second kappa shape index (κ2) is 53.7. The average Bonchev–Trinajstić information content (AvgIpc) is 0.827. The van der Waals surface area contributed by atoms with Crippen molar-refractivity contribution < 1.29 is 117 Å². The zero-order valence-corrected chi connectivity index (χ0v) is 74.1. The monoisotopic (exact) mass is 1830 g/mol. The Balaban J connectivity index is 0.000000207. The molecular weight excluding hydrogens is 1730 g/mol. The quantitative estimate of drug-likeness (QED) is 0.00361. The van der Waals surface area contributed by atoms with Gasteiger partial charge in [-0.1, -0.05) is 188 Å². The summed E-state index contributed by atoms with van der Waals surface area (Å²) in [7, 11) is -3.05. The molecule has 132 heavy (non-hydrogen) atoms. The van der Waals surface area contributed by atoms with Crippen molar-refractivity contribution in [3.63, 3.8) is 0 Å². The smallest absolute Gasteiger partial charge is 0.493 e. The lowest BCUT2D eigenvalue weighted by molar-refractivity contribution is -0.141. The summed E-state index contributed by atoms with van der Waals surface area (Å²) in [6.07, 6.45) is 8.65. The first-order valence-corrected chi connectivity index (χ1v) is 43.3. The Hall–Kier alpha value is -15.0. The van der Waals surface area contributed by atoms with Gasteiger partial charge in [-0.2, -0.15) is 25.9 Å². The number of rotatable bonds is 32. The zero-order chi connectivity index (χ0) is 95.2. The van der Waals surface area contributed by atoms with Crippen molar-refractivity contribution in [2.24, 2.45) is 25.8 Å². The summed E-state index contributed by atoms with van der Waals surface area (Å²) in [6, 6.07) is 69.7. The van der Waals surface area contributed by atoms with E-state index < -0.39 is 62.9 Å². The number of carbonyl (C=O) groups excluding carboxylic acids is 10. The van der Waals surface area contributed by atoms with Crippen LogP contribution in [0.25, 0.3) is 4.85 Å². The number of carbonyl (C=O) groups is 10. The zero-order valence-electron chi connectivity index (χ0n) is 73.3. The lowest BCUT2D eigenvalue weighted by Gasteiger charge is -2.28. The summed E-state index contributed by atoms with van der Waals surface area (Å²) in [5.41, 5.74) is 1.75. The Morgan fingerprint density at radius 1 is 0.409 bits per heavy atom. The van der Waals surface area contributed by atoms with E-state index in [9.17, 15) is 69.5 Å². The summed E-state index contributed by atoms with van der Waals surface area (Å²) >= 11 is 0. The number of hydrogen-bond acceptors (Lipinski definition) is 30. The van der Waals surface area contributed by atoms with Crippen LogP contribution in [0.5, 0.6) is 11.5 Å². The number of piperidine rings is 1. The normalized spacial score (nSPS) is 13.5. The second-order valence-corrected chi connectivity index (χ2v) is 30.0. The van der Waals surface area contributed by atoms with E-state index in [1.54, 1.807) is 152 Å². The first kappa shape index (κ1) is 102. The number of benzene rings is 9.